The van der Waals surface area contributed by atoms with Gasteiger partial charge in [0.25, 0.3) is 0 Å². The molecule has 0 bridgehead atoms. The van der Waals surface area contributed by atoms with Crippen LogP contribution in [-0.4, -0.2) is 19.3 Å². The SMILES string of the molecule is CCCCCCCCC(=O)Nc1nc(C)c(S(N)(=O)=O)s1. The number of aryl methyl sites for hydroxylation is 1. The Kier molecular flexibility index (Phi) is 7.27. The fourth-order valence-electron chi connectivity index (χ4n) is 1.95. The maximum Gasteiger partial charge on any atom is 0.249 e. The molecule has 6 nitrogen and oxygen atoms in total. The quantitative estimate of drug-likeness (QED) is 0.678. The van der Waals surface area contributed by atoms with Crippen molar-refractivity contribution >= 4 is 32.4 Å². The van der Waals surface area contributed by atoms with E-state index in [1.807, 2.05) is 0 Å². The van der Waals surface area contributed by atoms with Gasteiger partial charge in [0.15, 0.2) is 9.34 Å². The van der Waals surface area contributed by atoms with Crippen molar-refractivity contribution < 1.29 is 13.2 Å². The van der Waals surface area contributed by atoms with Crippen LogP contribution >= 0.6 is 11.3 Å². The molecule has 0 saturated carbocycles. The van der Waals surface area contributed by atoms with Crippen molar-refractivity contribution in [2.75, 3.05) is 5.32 Å². The topological polar surface area (TPSA) is 102 Å². The Morgan fingerprint density at radius 3 is 2.43 bits per heavy atom. The summed E-state index contributed by atoms with van der Waals surface area (Å²) in [4.78, 5) is 15.8. The lowest BCUT2D eigenvalue weighted by Gasteiger charge is -2.02. The van der Waals surface area contributed by atoms with Crippen LogP contribution in [0.4, 0.5) is 5.13 Å². The smallest absolute Gasteiger partial charge is 0.249 e. The Morgan fingerprint density at radius 1 is 1.24 bits per heavy atom. The fourth-order valence-corrected chi connectivity index (χ4v) is 3.82. The summed E-state index contributed by atoms with van der Waals surface area (Å²) in [6.07, 6.45) is 7.09. The van der Waals surface area contributed by atoms with E-state index in [0.717, 1.165) is 30.6 Å². The molecular formula is C13H23N3O3S2. The fraction of sp³-hybridized carbons (Fsp3) is 0.692. The van der Waals surface area contributed by atoms with Crippen LogP contribution in [0.3, 0.4) is 0 Å². The van der Waals surface area contributed by atoms with E-state index in [9.17, 15) is 13.2 Å². The number of unbranched alkanes of at least 4 members (excludes halogenated alkanes) is 5. The molecule has 3 N–H and O–H groups in total. The molecule has 120 valence electrons. The summed E-state index contributed by atoms with van der Waals surface area (Å²) in [6, 6.07) is 0. The van der Waals surface area contributed by atoms with Gasteiger partial charge in [-0.15, -0.1) is 0 Å². The predicted molar refractivity (Wildman–Crippen MR) is 84.8 cm³/mol. The van der Waals surface area contributed by atoms with Crippen LogP contribution < -0.4 is 10.5 Å². The van der Waals surface area contributed by atoms with Crippen molar-refractivity contribution in [2.24, 2.45) is 5.14 Å². The molecule has 0 aliphatic rings. The summed E-state index contributed by atoms with van der Waals surface area (Å²) in [5, 5.41) is 7.98. The number of carbonyl (C=O) groups is 1. The van der Waals surface area contributed by atoms with Crippen molar-refractivity contribution in [1.29, 1.82) is 0 Å². The molecule has 21 heavy (non-hydrogen) atoms. The van der Waals surface area contributed by atoms with Crippen molar-refractivity contribution in [3.8, 4) is 0 Å². The molecule has 1 aromatic heterocycles. The largest absolute Gasteiger partial charge is 0.302 e. The highest BCUT2D eigenvalue weighted by molar-refractivity contribution is 7.91. The number of carbonyl (C=O) groups excluding carboxylic acids is 1. The molecule has 0 aliphatic heterocycles. The van der Waals surface area contributed by atoms with Crippen LogP contribution in [0.1, 0.15) is 57.6 Å². The molecule has 0 unspecified atom stereocenters. The zero-order valence-electron chi connectivity index (χ0n) is 12.5. The second-order valence-corrected chi connectivity index (χ2v) is 7.76. The number of amides is 1. The van der Waals surface area contributed by atoms with Crippen molar-refractivity contribution in [3.05, 3.63) is 5.69 Å². The second kappa shape index (κ2) is 8.45. The molecule has 1 amide bonds. The number of sulfonamides is 1. The van der Waals surface area contributed by atoms with Crippen LogP contribution in [0.2, 0.25) is 0 Å². The number of anilines is 1. The lowest BCUT2D eigenvalue weighted by atomic mass is 10.1. The Hall–Kier alpha value is -0.990. The molecular weight excluding hydrogens is 310 g/mol. The Morgan fingerprint density at radius 2 is 1.86 bits per heavy atom. The zero-order valence-corrected chi connectivity index (χ0v) is 14.1. The highest BCUT2D eigenvalue weighted by Gasteiger charge is 2.18. The Labute approximate surface area is 130 Å². The van der Waals surface area contributed by atoms with E-state index >= 15 is 0 Å². The second-order valence-electron chi connectivity index (χ2n) is 5.00. The molecule has 0 fully saturated rings. The summed E-state index contributed by atoms with van der Waals surface area (Å²) in [5.74, 6) is -0.139. The van der Waals surface area contributed by atoms with Crippen LogP contribution in [0, 0.1) is 6.92 Å². The number of rotatable bonds is 9. The minimum atomic E-state index is -3.77. The van der Waals surface area contributed by atoms with Gasteiger partial charge in [-0.3, -0.25) is 4.79 Å². The summed E-state index contributed by atoms with van der Waals surface area (Å²) >= 11 is 0.889. The minimum absolute atomic E-state index is 0.00244. The monoisotopic (exact) mass is 333 g/mol. The number of primary sulfonamides is 1. The van der Waals surface area contributed by atoms with Gasteiger partial charge < -0.3 is 5.32 Å². The molecule has 0 aliphatic carbocycles. The molecule has 1 rings (SSSR count). The predicted octanol–water partition coefficient (Wildman–Crippen LogP) is 2.79. The van der Waals surface area contributed by atoms with Crippen LogP contribution in [0.5, 0.6) is 0 Å². The first-order valence-electron chi connectivity index (χ1n) is 7.14. The number of nitrogens with two attached hydrogens (primary N) is 1. The van der Waals surface area contributed by atoms with Gasteiger partial charge in [0, 0.05) is 6.42 Å². The van der Waals surface area contributed by atoms with Gasteiger partial charge in [-0.05, 0) is 13.3 Å². The first-order chi connectivity index (χ1) is 9.84. The number of nitrogens with zero attached hydrogens (tertiary/aromatic N) is 1. The van der Waals surface area contributed by atoms with Crippen LogP contribution in [0.15, 0.2) is 4.21 Å². The van der Waals surface area contributed by atoms with E-state index in [4.69, 9.17) is 5.14 Å². The lowest BCUT2D eigenvalue weighted by molar-refractivity contribution is -0.116. The average molecular weight is 333 g/mol. The van der Waals surface area contributed by atoms with Gasteiger partial charge in [-0.25, -0.2) is 18.5 Å². The van der Waals surface area contributed by atoms with Gasteiger partial charge >= 0.3 is 0 Å². The summed E-state index contributed by atoms with van der Waals surface area (Å²) in [6.45, 7) is 3.72. The van der Waals surface area contributed by atoms with E-state index < -0.39 is 10.0 Å². The van der Waals surface area contributed by atoms with Crippen molar-refractivity contribution in [3.63, 3.8) is 0 Å². The number of thiazole rings is 1. The van der Waals surface area contributed by atoms with Gasteiger partial charge in [0.2, 0.25) is 15.9 Å². The zero-order chi connectivity index (χ0) is 15.9. The Balaban J connectivity index is 2.39. The third kappa shape index (κ3) is 6.54. The number of hydrogen-bond acceptors (Lipinski definition) is 5. The molecule has 0 radical (unpaired) electrons. The summed E-state index contributed by atoms with van der Waals surface area (Å²) < 4.78 is 22.6. The molecule has 0 saturated heterocycles. The Bertz CT molecular complexity index is 567. The summed E-state index contributed by atoms with van der Waals surface area (Å²) in [5.41, 5.74) is 0.317. The van der Waals surface area contributed by atoms with Crippen LogP contribution in [0.25, 0.3) is 0 Å². The lowest BCUT2D eigenvalue weighted by Crippen LogP contribution is -2.11. The van der Waals surface area contributed by atoms with Crippen molar-refractivity contribution in [2.45, 2.75) is 63.0 Å². The van der Waals surface area contributed by atoms with E-state index in [0.29, 0.717) is 12.1 Å². The van der Waals surface area contributed by atoms with E-state index in [2.05, 4.69) is 17.2 Å². The van der Waals surface area contributed by atoms with Crippen molar-refractivity contribution in [1.82, 2.24) is 4.98 Å². The number of hydrogen-bond donors (Lipinski definition) is 2. The minimum Gasteiger partial charge on any atom is -0.302 e. The average Bonchev–Trinajstić information content (AvgIpc) is 2.74. The molecule has 0 spiro atoms. The van der Waals surface area contributed by atoms with Gasteiger partial charge in [-0.1, -0.05) is 50.4 Å². The molecule has 0 aromatic carbocycles. The van der Waals surface area contributed by atoms with Gasteiger partial charge in [-0.2, -0.15) is 0 Å². The third-order valence-electron chi connectivity index (χ3n) is 3.02. The maximum absolute atomic E-state index is 11.7. The summed E-state index contributed by atoms with van der Waals surface area (Å²) in [7, 11) is -3.77. The molecule has 8 heteroatoms. The highest BCUT2D eigenvalue weighted by atomic mass is 32.2. The number of nitrogens with one attached hydrogen (secondary N) is 1. The van der Waals surface area contributed by atoms with Gasteiger partial charge in [0.05, 0.1) is 5.69 Å². The first kappa shape index (κ1) is 18.1. The maximum atomic E-state index is 11.7. The van der Waals surface area contributed by atoms with E-state index in [1.54, 1.807) is 6.92 Å². The van der Waals surface area contributed by atoms with Gasteiger partial charge in [0.1, 0.15) is 0 Å². The molecule has 1 heterocycles. The first-order valence-corrected chi connectivity index (χ1v) is 9.51. The molecule has 0 atom stereocenters. The highest BCUT2D eigenvalue weighted by Crippen LogP contribution is 2.26. The number of aromatic nitrogens is 1. The molecule has 1 aromatic rings. The van der Waals surface area contributed by atoms with Crippen LogP contribution in [-0.2, 0) is 14.8 Å². The van der Waals surface area contributed by atoms with E-state index in [1.165, 1.54) is 19.3 Å². The normalized spacial score (nSPS) is 11.6. The third-order valence-corrected chi connectivity index (χ3v) is 5.64. The van der Waals surface area contributed by atoms with E-state index in [-0.39, 0.29) is 15.2 Å². The standard InChI is InChI=1S/C13H23N3O3S2/c1-3-4-5-6-7-8-9-11(17)16-13-15-10(2)12(20-13)21(14,18)19/h3-9H2,1-2H3,(H2,14,18,19)(H,15,16,17).